The predicted molar refractivity (Wildman–Crippen MR) is 126 cm³/mol. The molecule has 1 aliphatic rings. The summed E-state index contributed by atoms with van der Waals surface area (Å²) in [5.74, 6) is 0.109. The number of halogens is 1. The predicted octanol–water partition coefficient (Wildman–Crippen LogP) is 3.69. The van der Waals surface area contributed by atoms with E-state index in [2.05, 4.69) is 37.1 Å². The third kappa shape index (κ3) is 5.48. The molecule has 0 aliphatic carbocycles. The van der Waals surface area contributed by atoms with E-state index in [-0.39, 0.29) is 5.91 Å². The van der Waals surface area contributed by atoms with Crippen molar-refractivity contribution >= 4 is 29.1 Å². The number of aromatic nitrogens is 4. The first-order valence-electron chi connectivity index (χ1n) is 10.9. The number of nitrogens with zero attached hydrogens (tertiary/aromatic N) is 5. The number of hydrogen-bond acceptors (Lipinski definition) is 7. The Balaban J connectivity index is 1.48. The Morgan fingerprint density at radius 2 is 2.06 bits per heavy atom. The van der Waals surface area contributed by atoms with Gasteiger partial charge < -0.3 is 16.0 Å². The number of nitrogens with one attached hydrogen (secondary N) is 3. The van der Waals surface area contributed by atoms with Gasteiger partial charge in [-0.25, -0.2) is 9.97 Å². The maximum absolute atomic E-state index is 12.3. The van der Waals surface area contributed by atoms with Gasteiger partial charge in [0.25, 0.3) is 5.91 Å². The van der Waals surface area contributed by atoms with Crippen LogP contribution in [0.5, 0.6) is 0 Å². The Kier molecular flexibility index (Phi) is 7.17. The molecule has 3 aromatic rings. The molecule has 0 radical (unpaired) electrons. The summed E-state index contributed by atoms with van der Waals surface area (Å²) in [5, 5.41) is 23.2. The van der Waals surface area contributed by atoms with Crippen LogP contribution < -0.4 is 16.0 Å². The fraction of sp³-hybridized carbons (Fsp3) is 0.348. The number of hydrogen-bond donors (Lipinski definition) is 3. The molecule has 1 saturated heterocycles. The van der Waals surface area contributed by atoms with E-state index in [0.717, 1.165) is 37.2 Å². The molecular weight excluding hydrogens is 440 g/mol. The van der Waals surface area contributed by atoms with Crippen LogP contribution in [0.1, 0.15) is 42.6 Å². The van der Waals surface area contributed by atoms with Crippen molar-refractivity contribution < 1.29 is 4.79 Å². The molecule has 1 atom stereocenters. The normalized spacial score (nSPS) is 14.9. The second-order valence-electron chi connectivity index (χ2n) is 7.85. The minimum Gasteiger partial charge on any atom is -0.336 e. The zero-order chi connectivity index (χ0) is 23.2. The highest BCUT2D eigenvalue weighted by atomic mass is 35.5. The summed E-state index contributed by atoms with van der Waals surface area (Å²) >= 11 is 6.36. The van der Waals surface area contributed by atoms with Crippen LogP contribution in [0.15, 0.2) is 42.9 Å². The summed E-state index contributed by atoms with van der Waals surface area (Å²) in [4.78, 5) is 21.2. The topological polar surface area (TPSA) is 121 Å². The van der Waals surface area contributed by atoms with Crippen molar-refractivity contribution in [2.24, 2.45) is 0 Å². The van der Waals surface area contributed by atoms with Crippen molar-refractivity contribution in [2.45, 2.75) is 38.3 Å². The first-order valence-corrected chi connectivity index (χ1v) is 11.3. The van der Waals surface area contributed by atoms with Gasteiger partial charge >= 0.3 is 0 Å². The zero-order valence-electron chi connectivity index (χ0n) is 18.3. The van der Waals surface area contributed by atoms with Gasteiger partial charge in [-0.15, -0.1) is 0 Å². The SMILES string of the molecule is CC[C@@H](C#N)NC(=O)c1ccc(-c2nc(Nc3cnn(C4CCNCC4)c3)ncc2Cl)cc1. The average Bonchev–Trinajstić information content (AvgIpc) is 3.33. The van der Waals surface area contributed by atoms with Crippen molar-refractivity contribution in [1.82, 2.24) is 30.4 Å². The van der Waals surface area contributed by atoms with E-state index >= 15 is 0 Å². The molecular formula is C23H25ClN8O. The van der Waals surface area contributed by atoms with E-state index in [4.69, 9.17) is 16.9 Å². The van der Waals surface area contributed by atoms with Crippen LogP contribution in [0, 0.1) is 11.3 Å². The molecule has 10 heteroatoms. The molecule has 0 unspecified atom stereocenters. The van der Waals surface area contributed by atoms with Gasteiger partial charge in [0, 0.05) is 17.3 Å². The lowest BCUT2D eigenvalue weighted by Gasteiger charge is -2.22. The average molecular weight is 465 g/mol. The minimum absolute atomic E-state index is 0.295. The van der Waals surface area contributed by atoms with E-state index in [0.29, 0.717) is 34.7 Å². The Morgan fingerprint density at radius 1 is 1.30 bits per heavy atom. The van der Waals surface area contributed by atoms with E-state index in [9.17, 15) is 4.79 Å². The summed E-state index contributed by atoms with van der Waals surface area (Å²) in [6, 6.07) is 8.85. The zero-order valence-corrected chi connectivity index (χ0v) is 19.0. The Morgan fingerprint density at radius 3 is 2.76 bits per heavy atom. The second kappa shape index (κ2) is 10.4. The van der Waals surface area contributed by atoms with Crippen LogP contribution in [-0.4, -0.2) is 44.8 Å². The number of anilines is 2. The minimum atomic E-state index is -0.513. The number of benzene rings is 1. The van der Waals surface area contributed by atoms with Crippen molar-refractivity contribution in [2.75, 3.05) is 18.4 Å². The third-order valence-corrected chi connectivity index (χ3v) is 5.85. The Bertz CT molecular complexity index is 1150. The van der Waals surface area contributed by atoms with Gasteiger partial charge in [-0.1, -0.05) is 30.7 Å². The third-order valence-electron chi connectivity index (χ3n) is 5.57. The van der Waals surface area contributed by atoms with Crippen molar-refractivity contribution in [1.29, 1.82) is 5.26 Å². The van der Waals surface area contributed by atoms with Gasteiger partial charge in [0.2, 0.25) is 5.95 Å². The molecule has 1 fully saturated rings. The summed E-state index contributed by atoms with van der Waals surface area (Å²) < 4.78 is 1.99. The van der Waals surface area contributed by atoms with Gasteiger partial charge in [-0.05, 0) is 44.5 Å². The van der Waals surface area contributed by atoms with E-state index in [1.54, 1.807) is 36.7 Å². The molecule has 2 aromatic heterocycles. The molecule has 0 saturated carbocycles. The quantitative estimate of drug-likeness (QED) is 0.487. The van der Waals surface area contributed by atoms with Crippen molar-refractivity contribution in [3.63, 3.8) is 0 Å². The van der Waals surface area contributed by atoms with Gasteiger partial charge in [0.15, 0.2) is 0 Å². The molecule has 3 N–H and O–H groups in total. The molecule has 170 valence electrons. The number of carbonyl (C=O) groups is 1. The summed E-state index contributed by atoms with van der Waals surface area (Å²) in [6.07, 6.45) is 7.91. The smallest absolute Gasteiger partial charge is 0.252 e. The van der Waals surface area contributed by atoms with Crippen molar-refractivity contribution in [3.05, 3.63) is 53.4 Å². The van der Waals surface area contributed by atoms with Gasteiger partial charge in [0.05, 0.1) is 40.9 Å². The molecule has 1 amide bonds. The summed E-state index contributed by atoms with van der Waals surface area (Å²) in [5.41, 5.74) is 2.56. The van der Waals surface area contributed by atoms with Gasteiger partial charge in [-0.3, -0.25) is 9.48 Å². The fourth-order valence-corrected chi connectivity index (χ4v) is 3.88. The maximum atomic E-state index is 12.3. The molecule has 1 aromatic carbocycles. The van der Waals surface area contributed by atoms with Crippen molar-refractivity contribution in [3.8, 4) is 17.3 Å². The number of piperidine rings is 1. The Labute approximate surface area is 197 Å². The molecule has 4 rings (SSSR count). The van der Waals surface area contributed by atoms with E-state index < -0.39 is 6.04 Å². The van der Waals surface area contributed by atoms with E-state index in [1.165, 1.54) is 0 Å². The Hall–Kier alpha value is -3.48. The highest BCUT2D eigenvalue weighted by molar-refractivity contribution is 6.32. The highest BCUT2D eigenvalue weighted by Crippen LogP contribution is 2.28. The molecule has 0 spiro atoms. The monoisotopic (exact) mass is 464 g/mol. The van der Waals surface area contributed by atoms with Gasteiger partial charge in [-0.2, -0.15) is 10.4 Å². The van der Waals surface area contributed by atoms with Gasteiger partial charge in [0.1, 0.15) is 6.04 Å². The highest BCUT2D eigenvalue weighted by Gasteiger charge is 2.17. The standard InChI is InChI=1S/C23H25ClN8O/c1-2-17(11-25)29-22(33)16-5-3-15(4-6-16)21-20(24)13-27-23(31-21)30-18-12-28-32(14-18)19-7-9-26-10-8-19/h3-6,12-14,17,19,26H,2,7-10H2,1H3,(H,29,33)(H,27,30,31)/t17-/m0/s1. The van der Waals surface area contributed by atoms with Crippen LogP contribution in [0.2, 0.25) is 5.02 Å². The lowest BCUT2D eigenvalue weighted by atomic mass is 10.1. The number of carbonyl (C=O) groups excluding carboxylic acids is 1. The first-order chi connectivity index (χ1) is 16.1. The lowest BCUT2D eigenvalue weighted by molar-refractivity contribution is 0.0944. The fourth-order valence-electron chi connectivity index (χ4n) is 3.68. The lowest BCUT2D eigenvalue weighted by Crippen LogP contribution is -2.33. The molecule has 3 heterocycles. The van der Waals surface area contributed by atoms with Crippen LogP contribution in [0.25, 0.3) is 11.3 Å². The molecule has 33 heavy (non-hydrogen) atoms. The number of nitriles is 1. The van der Waals surface area contributed by atoms with Crippen LogP contribution in [0.4, 0.5) is 11.6 Å². The first kappa shape index (κ1) is 22.7. The van der Waals surface area contributed by atoms with Crippen LogP contribution in [0.3, 0.4) is 0 Å². The second-order valence-corrected chi connectivity index (χ2v) is 8.25. The molecule has 0 bridgehead atoms. The number of rotatable bonds is 7. The van der Waals surface area contributed by atoms with E-state index in [1.807, 2.05) is 17.8 Å². The molecule has 9 nitrogen and oxygen atoms in total. The van der Waals surface area contributed by atoms with Crippen LogP contribution in [-0.2, 0) is 0 Å². The van der Waals surface area contributed by atoms with Crippen LogP contribution >= 0.6 is 11.6 Å². The largest absolute Gasteiger partial charge is 0.336 e. The molecule has 1 aliphatic heterocycles. The summed E-state index contributed by atoms with van der Waals surface area (Å²) in [7, 11) is 0. The number of amides is 1. The summed E-state index contributed by atoms with van der Waals surface area (Å²) in [6.45, 7) is 3.84. The maximum Gasteiger partial charge on any atom is 0.252 e.